The van der Waals surface area contributed by atoms with Gasteiger partial charge in [0.15, 0.2) is 0 Å². The second-order valence-corrected chi connectivity index (χ2v) is 7.96. The maximum Gasteiger partial charge on any atom is 0.317 e. The van der Waals surface area contributed by atoms with E-state index < -0.39 is 12.0 Å². The summed E-state index contributed by atoms with van der Waals surface area (Å²) in [6.07, 6.45) is -0.0897. The number of aliphatic carboxylic acids is 1. The summed E-state index contributed by atoms with van der Waals surface area (Å²) in [6, 6.07) is 1.29. The Morgan fingerprint density at radius 1 is 1.48 bits per heavy atom. The van der Waals surface area contributed by atoms with E-state index in [0.29, 0.717) is 6.54 Å². The SMILES string of the molecule is CN(Cc1cc(Br)cs1)C(=O)NC(CC(=O)O)C(C)(C)C. The van der Waals surface area contributed by atoms with Crippen molar-refractivity contribution >= 4 is 39.3 Å². The molecule has 0 radical (unpaired) electrons. The molecule has 1 rings (SSSR count). The van der Waals surface area contributed by atoms with Crippen molar-refractivity contribution in [3.05, 3.63) is 20.8 Å². The predicted octanol–water partition coefficient (Wildman–Crippen LogP) is 3.54. The fourth-order valence-corrected chi connectivity index (χ4v) is 3.25. The van der Waals surface area contributed by atoms with Crippen LogP contribution < -0.4 is 5.32 Å². The number of carboxylic acid groups (broad SMARTS) is 1. The summed E-state index contributed by atoms with van der Waals surface area (Å²) in [5, 5.41) is 13.7. The van der Waals surface area contributed by atoms with Crippen LogP contribution in [-0.4, -0.2) is 35.1 Å². The van der Waals surface area contributed by atoms with Gasteiger partial charge in [-0.25, -0.2) is 4.79 Å². The first kappa shape index (κ1) is 18.0. The first-order chi connectivity index (χ1) is 9.59. The lowest BCUT2D eigenvalue weighted by molar-refractivity contribution is -0.138. The number of thiophene rings is 1. The molecule has 0 aliphatic carbocycles. The second kappa shape index (κ2) is 7.26. The highest BCUT2D eigenvalue weighted by molar-refractivity contribution is 9.10. The summed E-state index contributed by atoms with van der Waals surface area (Å²) < 4.78 is 0.995. The Labute approximate surface area is 137 Å². The van der Waals surface area contributed by atoms with Crippen molar-refractivity contribution in [2.45, 2.75) is 39.8 Å². The summed E-state index contributed by atoms with van der Waals surface area (Å²) in [4.78, 5) is 25.8. The zero-order valence-electron chi connectivity index (χ0n) is 12.6. The van der Waals surface area contributed by atoms with Crippen LogP contribution in [0.25, 0.3) is 0 Å². The number of nitrogens with one attached hydrogen (secondary N) is 1. The lowest BCUT2D eigenvalue weighted by atomic mass is 9.85. The molecule has 2 amide bonds. The Hall–Kier alpha value is -1.08. The van der Waals surface area contributed by atoms with E-state index in [0.717, 1.165) is 9.35 Å². The summed E-state index contributed by atoms with van der Waals surface area (Å²) in [7, 11) is 1.70. The molecule has 0 fully saturated rings. The van der Waals surface area contributed by atoms with Crippen LogP contribution in [0.1, 0.15) is 32.1 Å². The first-order valence-corrected chi connectivity index (χ1v) is 8.23. The quantitative estimate of drug-likeness (QED) is 0.825. The molecular formula is C14H21BrN2O3S. The number of hydrogen-bond acceptors (Lipinski definition) is 3. The number of carbonyl (C=O) groups is 2. The highest BCUT2D eigenvalue weighted by Crippen LogP contribution is 2.23. The third-order valence-electron chi connectivity index (χ3n) is 3.08. The number of urea groups is 1. The predicted molar refractivity (Wildman–Crippen MR) is 87.5 cm³/mol. The average Bonchev–Trinajstić information content (AvgIpc) is 2.72. The molecule has 0 bridgehead atoms. The van der Waals surface area contributed by atoms with Gasteiger partial charge in [0, 0.05) is 27.8 Å². The molecule has 1 heterocycles. The molecule has 0 spiro atoms. The van der Waals surface area contributed by atoms with Crippen LogP contribution in [0, 0.1) is 5.41 Å². The third-order valence-corrected chi connectivity index (χ3v) is 4.77. The molecule has 0 saturated carbocycles. The number of halogens is 1. The first-order valence-electron chi connectivity index (χ1n) is 6.56. The van der Waals surface area contributed by atoms with Gasteiger partial charge < -0.3 is 15.3 Å². The highest BCUT2D eigenvalue weighted by atomic mass is 79.9. The van der Waals surface area contributed by atoms with Crippen molar-refractivity contribution in [3.63, 3.8) is 0 Å². The molecule has 0 aromatic carbocycles. The minimum atomic E-state index is -0.917. The molecule has 2 N–H and O–H groups in total. The molecule has 5 nitrogen and oxygen atoms in total. The lowest BCUT2D eigenvalue weighted by Gasteiger charge is -2.32. The van der Waals surface area contributed by atoms with E-state index in [-0.39, 0.29) is 17.9 Å². The summed E-state index contributed by atoms with van der Waals surface area (Å²) in [5.74, 6) is -0.917. The minimum Gasteiger partial charge on any atom is -0.481 e. The molecule has 1 unspecified atom stereocenters. The number of amides is 2. The number of nitrogens with zero attached hydrogens (tertiary/aromatic N) is 1. The number of rotatable bonds is 5. The Balaban J connectivity index is 2.65. The Bertz CT molecular complexity index is 511. The second-order valence-electron chi connectivity index (χ2n) is 6.05. The average molecular weight is 377 g/mol. The van der Waals surface area contributed by atoms with Gasteiger partial charge in [0.1, 0.15) is 0 Å². The molecule has 1 aromatic heterocycles. The molecule has 0 aliphatic heterocycles. The molecule has 21 heavy (non-hydrogen) atoms. The molecule has 1 aromatic rings. The van der Waals surface area contributed by atoms with Gasteiger partial charge >= 0.3 is 12.0 Å². The fourth-order valence-electron chi connectivity index (χ4n) is 1.75. The maximum absolute atomic E-state index is 12.2. The van der Waals surface area contributed by atoms with Crippen LogP contribution in [-0.2, 0) is 11.3 Å². The van der Waals surface area contributed by atoms with E-state index in [2.05, 4.69) is 21.2 Å². The van der Waals surface area contributed by atoms with Crippen LogP contribution in [0.5, 0.6) is 0 Å². The standard InChI is InChI=1S/C14H21BrN2O3S/c1-14(2,3)11(6-12(18)19)16-13(20)17(4)7-10-5-9(15)8-21-10/h5,8,11H,6-7H2,1-4H3,(H,16,20)(H,18,19). The van der Waals surface area contributed by atoms with Gasteiger partial charge in [-0.15, -0.1) is 11.3 Å². The van der Waals surface area contributed by atoms with E-state index in [9.17, 15) is 9.59 Å². The minimum absolute atomic E-state index is 0.0897. The van der Waals surface area contributed by atoms with Crippen LogP contribution in [0.4, 0.5) is 4.79 Å². The summed E-state index contributed by atoms with van der Waals surface area (Å²) in [5.41, 5.74) is -0.319. The normalized spacial score (nSPS) is 12.8. The van der Waals surface area contributed by atoms with Crippen LogP contribution in [0.3, 0.4) is 0 Å². The number of carboxylic acids is 1. The van der Waals surface area contributed by atoms with Crippen molar-refractivity contribution in [1.29, 1.82) is 0 Å². The number of hydrogen-bond donors (Lipinski definition) is 2. The maximum atomic E-state index is 12.2. The topological polar surface area (TPSA) is 69.6 Å². The van der Waals surface area contributed by atoms with Crippen molar-refractivity contribution in [3.8, 4) is 0 Å². The van der Waals surface area contributed by atoms with Crippen LogP contribution in [0.15, 0.2) is 15.9 Å². The van der Waals surface area contributed by atoms with Gasteiger partial charge in [-0.3, -0.25) is 4.79 Å². The van der Waals surface area contributed by atoms with Crippen molar-refractivity contribution in [1.82, 2.24) is 10.2 Å². The molecule has 7 heteroatoms. The Morgan fingerprint density at radius 3 is 2.52 bits per heavy atom. The molecule has 0 aliphatic rings. The van der Waals surface area contributed by atoms with Gasteiger partial charge in [0.25, 0.3) is 0 Å². The summed E-state index contributed by atoms with van der Waals surface area (Å²) >= 11 is 4.95. The zero-order valence-corrected chi connectivity index (χ0v) is 15.0. The van der Waals surface area contributed by atoms with Crippen molar-refractivity contribution < 1.29 is 14.7 Å². The molecular weight excluding hydrogens is 356 g/mol. The van der Waals surface area contributed by atoms with Crippen LogP contribution >= 0.6 is 27.3 Å². The Morgan fingerprint density at radius 2 is 2.10 bits per heavy atom. The van der Waals surface area contributed by atoms with E-state index >= 15 is 0 Å². The van der Waals surface area contributed by atoms with Crippen molar-refractivity contribution in [2.75, 3.05) is 7.05 Å². The molecule has 1 atom stereocenters. The largest absolute Gasteiger partial charge is 0.481 e. The fraction of sp³-hybridized carbons (Fsp3) is 0.571. The monoisotopic (exact) mass is 376 g/mol. The van der Waals surface area contributed by atoms with Gasteiger partial charge in [-0.2, -0.15) is 0 Å². The Kier molecular flexibility index (Phi) is 6.22. The van der Waals surface area contributed by atoms with E-state index in [1.54, 1.807) is 23.3 Å². The lowest BCUT2D eigenvalue weighted by Crippen LogP contribution is -2.49. The van der Waals surface area contributed by atoms with Gasteiger partial charge in [-0.1, -0.05) is 20.8 Å². The number of carbonyl (C=O) groups excluding carboxylic acids is 1. The van der Waals surface area contributed by atoms with E-state index in [1.165, 1.54) is 0 Å². The van der Waals surface area contributed by atoms with Gasteiger partial charge in [0.2, 0.25) is 0 Å². The third kappa shape index (κ3) is 6.05. The molecule has 0 saturated heterocycles. The smallest absolute Gasteiger partial charge is 0.317 e. The van der Waals surface area contributed by atoms with Gasteiger partial charge in [0.05, 0.1) is 13.0 Å². The van der Waals surface area contributed by atoms with Gasteiger partial charge in [-0.05, 0) is 27.4 Å². The molecule has 118 valence electrons. The van der Waals surface area contributed by atoms with Crippen molar-refractivity contribution in [2.24, 2.45) is 5.41 Å². The summed E-state index contributed by atoms with van der Waals surface area (Å²) in [6.45, 7) is 6.23. The zero-order chi connectivity index (χ0) is 16.2. The van der Waals surface area contributed by atoms with E-state index in [4.69, 9.17) is 5.11 Å². The highest BCUT2D eigenvalue weighted by Gasteiger charge is 2.29. The van der Waals surface area contributed by atoms with Crippen LogP contribution in [0.2, 0.25) is 0 Å². The van der Waals surface area contributed by atoms with E-state index in [1.807, 2.05) is 32.2 Å².